The van der Waals surface area contributed by atoms with Gasteiger partial charge >= 0.3 is 11.9 Å². The number of aliphatic hydroxyl groups excluding tert-OH is 2. The molecule has 0 aliphatic heterocycles. The Balaban J connectivity index is 2.62. The molecule has 0 aromatic heterocycles. The van der Waals surface area contributed by atoms with E-state index in [1.54, 1.807) is 27.7 Å². The number of rotatable bonds is 12. The summed E-state index contributed by atoms with van der Waals surface area (Å²) in [6, 6.07) is 7.45. The van der Waals surface area contributed by atoms with E-state index in [1.165, 1.54) is 0 Å². The van der Waals surface area contributed by atoms with Gasteiger partial charge in [-0.25, -0.2) is 0 Å². The van der Waals surface area contributed by atoms with E-state index >= 15 is 0 Å². The van der Waals surface area contributed by atoms with Gasteiger partial charge in [-0.3, -0.25) is 9.59 Å². The zero-order valence-corrected chi connectivity index (χ0v) is 19.7. The fourth-order valence-corrected chi connectivity index (χ4v) is 3.01. The van der Waals surface area contributed by atoms with Crippen LogP contribution in [0.1, 0.15) is 65.0 Å². The Labute approximate surface area is 186 Å². The first kappa shape index (κ1) is 26.6. The lowest BCUT2D eigenvalue weighted by Crippen LogP contribution is -2.27. The van der Waals surface area contributed by atoms with Crippen molar-refractivity contribution in [2.45, 2.75) is 77.3 Å². The molecule has 2 N–H and O–H groups in total. The molecule has 0 radical (unpaired) electrons. The quantitative estimate of drug-likeness (QED) is 0.432. The summed E-state index contributed by atoms with van der Waals surface area (Å²) in [6.45, 7) is 7.45. The van der Waals surface area contributed by atoms with Crippen molar-refractivity contribution in [1.82, 2.24) is 0 Å². The Hall–Kier alpha value is -1.48. The van der Waals surface area contributed by atoms with Crippen molar-refractivity contribution >= 4 is 27.9 Å². The van der Waals surface area contributed by atoms with Crippen LogP contribution in [0.4, 0.5) is 0 Å². The first-order valence-electron chi connectivity index (χ1n) is 10.1. The number of hydrogen-bond donors (Lipinski definition) is 2. The van der Waals surface area contributed by atoms with E-state index in [2.05, 4.69) is 15.9 Å². The van der Waals surface area contributed by atoms with Crippen LogP contribution in [-0.2, 0) is 23.8 Å². The van der Waals surface area contributed by atoms with E-state index in [9.17, 15) is 19.8 Å². The molecule has 0 bridgehead atoms. The average Bonchev–Trinajstić information content (AvgIpc) is 2.59. The Morgan fingerprint density at radius 3 is 2.20 bits per heavy atom. The van der Waals surface area contributed by atoms with Crippen molar-refractivity contribution in [1.29, 1.82) is 0 Å². The predicted molar refractivity (Wildman–Crippen MR) is 116 cm³/mol. The molecule has 7 nitrogen and oxygen atoms in total. The van der Waals surface area contributed by atoms with Gasteiger partial charge in [0, 0.05) is 17.5 Å². The molecule has 1 aromatic rings. The molecule has 0 amide bonds. The van der Waals surface area contributed by atoms with Crippen molar-refractivity contribution in [2.75, 3.05) is 13.2 Å². The van der Waals surface area contributed by atoms with Crippen molar-refractivity contribution in [3.8, 4) is 0 Å². The largest absolute Gasteiger partial charge is 0.466 e. The number of aliphatic hydroxyl groups is 2. The number of hydrogen-bond acceptors (Lipinski definition) is 7. The molecule has 8 heteroatoms. The van der Waals surface area contributed by atoms with Gasteiger partial charge in [0.15, 0.2) is 0 Å². The highest BCUT2D eigenvalue weighted by molar-refractivity contribution is 9.10. The molecule has 1 aromatic carbocycles. The molecule has 0 spiro atoms. The minimum Gasteiger partial charge on any atom is -0.466 e. The second-order valence-corrected chi connectivity index (χ2v) is 8.96. The van der Waals surface area contributed by atoms with E-state index in [1.807, 2.05) is 24.3 Å². The van der Waals surface area contributed by atoms with Crippen LogP contribution in [0.2, 0.25) is 0 Å². The van der Waals surface area contributed by atoms with Crippen LogP contribution in [-0.4, -0.2) is 53.2 Å². The number of halogens is 1. The summed E-state index contributed by atoms with van der Waals surface area (Å²) >= 11 is 3.38. The third kappa shape index (κ3) is 11.6. The van der Waals surface area contributed by atoms with Gasteiger partial charge in [-0.05, 0) is 51.8 Å². The molecule has 0 aliphatic rings. The Kier molecular flexibility index (Phi) is 11.5. The summed E-state index contributed by atoms with van der Waals surface area (Å²) in [5.41, 5.74) is 0.234. The first-order chi connectivity index (χ1) is 14.0. The summed E-state index contributed by atoms with van der Waals surface area (Å²) < 4.78 is 16.9. The summed E-state index contributed by atoms with van der Waals surface area (Å²) in [5.74, 6) is -0.934. The van der Waals surface area contributed by atoms with Crippen molar-refractivity contribution < 1.29 is 34.0 Å². The highest BCUT2D eigenvalue weighted by Gasteiger charge is 2.22. The highest BCUT2D eigenvalue weighted by atomic mass is 79.9. The van der Waals surface area contributed by atoms with Gasteiger partial charge in [0.25, 0.3) is 0 Å². The topological polar surface area (TPSA) is 102 Å². The highest BCUT2D eigenvalue weighted by Crippen LogP contribution is 2.26. The standard InChI is InChI=1S/C22H33BrO7/c1-5-28-20(26)14-18(25)12-19(15-6-8-16(23)9-7-15)29-11-10-17(24)13-21(27)30-22(2,3)4/h6-9,17-19,24-25H,5,10-14H2,1-4H3/t17-,18-,19+/m1/s1. The normalized spacial score (nSPS) is 14.6. The second kappa shape index (κ2) is 13.0. The molecular formula is C22H33BrO7. The van der Waals surface area contributed by atoms with Gasteiger partial charge in [0.1, 0.15) is 5.60 Å². The maximum atomic E-state index is 11.8. The third-order valence-electron chi connectivity index (χ3n) is 4.03. The summed E-state index contributed by atoms with van der Waals surface area (Å²) in [6.07, 6.45) is -2.10. The molecule has 0 unspecified atom stereocenters. The number of ether oxygens (including phenoxy) is 3. The Morgan fingerprint density at radius 1 is 1.03 bits per heavy atom. The van der Waals surface area contributed by atoms with E-state index in [-0.39, 0.29) is 38.9 Å². The lowest BCUT2D eigenvalue weighted by molar-refractivity contribution is -0.157. The number of benzene rings is 1. The molecule has 0 saturated heterocycles. The van der Waals surface area contributed by atoms with E-state index < -0.39 is 35.9 Å². The van der Waals surface area contributed by atoms with Crippen LogP contribution in [0.3, 0.4) is 0 Å². The van der Waals surface area contributed by atoms with Crippen LogP contribution in [0.5, 0.6) is 0 Å². The number of carbonyl (C=O) groups is 2. The average molecular weight is 489 g/mol. The van der Waals surface area contributed by atoms with Crippen LogP contribution in [0.15, 0.2) is 28.7 Å². The summed E-state index contributed by atoms with van der Waals surface area (Å²) in [4.78, 5) is 23.4. The van der Waals surface area contributed by atoms with Gasteiger partial charge < -0.3 is 24.4 Å². The second-order valence-electron chi connectivity index (χ2n) is 8.04. The lowest BCUT2D eigenvalue weighted by atomic mass is 10.0. The molecule has 0 aliphatic carbocycles. The minimum atomic E-state index is -0.926. The van der Waals surface area contributed by atoms with Crippen molar-refractivity contribution in [2.24, 2.45) is 0 Å². The summed E-state index contributed by atoms with van der Waals surface area (Å²) in [7, 11) is 0. The molecule has 3 atom stereocenters. The van der Waals surface area contributed by atoms with Crippen LogP contribution in [0, 0.1) is 0 Å². The van der Waals surface area contributed by atoms with E-state index in [0.717, 1.165) is 10.0 Å². The number of esters is 2. The Bertz CT molecular complexity index is 654. The molecule has 0 heterocycles. The lowest BCUT2D eigenvalue weighted by Gasteiger charge is -2.23. The van der Waals surface area contributed by atoms with E-state index in [4.69, 9.17) is 14.2 Å². The fourth-order valence-electron chi connectivity index (χ4n) is 2.74. The zero-order valence-electron chi connectivity index (χ0n) is 18.1. The zero-order chi connectivity index (χ0) is 22.7. The maximum Gasteiger partial charge on any atom is 0.308 e. The third-order valence-corrected chi connectivity index (χ3v) is 4.56. The van der Waals surface area contributed by atoms with Gasteiger partial charge in [0.2, 0.25) is 0 Å². The summed E-state index contributed by atoms with van der Waals surface area (Å²) in [5, 5.41) is 20.4. The molecule has 1 rings (SSSR count). The fraction of sp³-hybridized carbons (Fsp3) is 0.636. The molecule has 0 saturated carbocycles. The van der Waals surface area contributed by atoms with Crippen LogP contribution < -0.4 is 0 Å². The van der Waals surface area contributed by atoms with Crippen molar-refractivity contribution in [3.05, 3.63) is 34.3 Å². The van der Waals surface area contributed by atoms with Gasteiger partial charge in [-0.15, -0.1) is 0 Å². The monoisotopic (exact) mass is 488 g/mol. The SMILES string of the molecule is CCOC(=O)C[C@H](O)C[C@H](OCC[C@@H](O)CC(=O)OC(C)(C)C)c1ccc(Br)cc1. The molecular weight excluding hydrogens is 456 g/mol. The van der Waals surface area contributed by atoms with Crippen LogP contribution >= 0.6 is 15.9 Å². The van der Waals surface area contributed by atoms with E-state index in [0.29, 0.717) is 0 Å². The molecule has 30 heavy (non-hydrogen) atoms. The number of carbonyl (C=O) groups excluding carboxylic acids is 2. The minimum absolute atomic E-state index is 0.116. The molecule has 0 fully saturated rings. The predicted octanol–water partition coefficient (Wildman–Crippen LogP) is 3.69. The van der Waals surface area contributed by atoms with Gasteiger partial charge in [0.05, 0.1) is 37.8 Å². The maximum absolute atomic E-state index is 11.8. The molecule has 170 valence electrons. The van der Waals surface area contributed by atoms with Crippen LogP contribution in [0.25, 0.3) is 0 Å². The first-order valence-corrected chi connectivity index (χ1v) is 10.9. The van der Waals surface area contributed by atoms with Gasteiger partial charge in [-0.1, -0.05) is 28.1 Å². The van der Waals surface area contributed by atoms with Crippen molar-refractivity contribution in [3.63, 3.8) is 0 Å². The Morgan fingerprint density at radius 2 is 1.63 bits per heavy atom. The van der Waals surface area contributed by atoms with Gasteiger partial charge in [-0.2, -0.15) is 0 Å². The smallest absolute Gasteiger partial charge is 0.308 e.